The zero-order valence-electron chi connectivity index (χ0n) is 15.1. The van der Waals surface area contributed by atoms with Gasteiger partial charge in [0.1, 0.15) is 5.01 Å². The van der Waals surface area contributed by atoms with E-state index in [1.54, 1.807) is 11.3 Å². The lowest BCUT2D eigenvalue weighted by Gasteiger charge is -2.03. The predicted octanol–water partition coefficient (Wildman–Crippen LogP) is 3.12. The monoisotopic (exact) mass is 368 g/mol. The third-order valence-electron chi connectivity index (χ3n) is 4.65. The SMILES string of the molecule is COC(=O)Cc1nc2c(s1)-c1c(c(-c3ccc(C)nc3)nn1C)CCC2. The molecule has 134 valence electrons. The summed E-state index contributed by atoms with van der Waals surface area (Å²) in [6, 6.07) is 4.09. The first kappa shape index (κ1) is 16.9. The number of rotatable bonds is 3. The zero-order chi connectivity index (χ0) is 18.3. The van der Waals surface area contributed by atoms with Gasteiger partial charge in [0.2, 0.25) is 0 Å². The average Bonchev–Trinajstić information content (AvgIpc) is 3.10. The van der Waals surface area contributed by atoms with Crippen LogP contribution in [-0.2, 0) is 35.8 Å². The molecule has 6 nitrogen and oxygen atoms in total. The van der Waals surface area contributed by atoms with Crippen molar-refractivity contribution < 1.29 is 9.53 Å². The molecule has 0 amide bonds. The van der Waals surface area contributed by atoms with E-state index in [4.69, 9.17) is 14.8 Å². The number of esters is 1. The number of fused-ring (bicyclic) bond motifs is 3. The summed E-state index contributed by atoms with van der Waals surface area (Å²) in [6.45, 7) is 1.98. The van der Waals surface area contributed by atoms with Crippen LogP contribution in [0.5, 0.6) is 0 Å². The number of aryl methyl sites for hydroxylation is 3. The highest BCUT2D eigenvalue weighted by molar-refractivity contribution is 7.15. The highest BCUT2D eigenvalue weighted by Gasteiger charge is 2.26. The molecule has 0 aliphatic heterocycles. The fourth-order valence-electron chi connectivity index (χ4n) is 3.39. The van der Waals surface area contributed by atoms with Crippen molar-refractivity contribution in [3.63, 3.8) is 0 Å². The third-order valence-corrected chi connectivity index (χ3v) is 5.75. The lowest BCUT2D eigenvalue weighted by molar-refractivity contribution is -0.139. The molecule has 3 aromatic rings. The number of hydrogen-bond acceptors (Lipinski definition) is 6. The van der Waals surface area contributed by atoms with Gasteiger partial charge in [0, 0.05) is 30.1 Å². The van der Waals surface area contributed by atoms with Gasteiger partial charge in [-0.1, -0.05) is 0 Å². The Morgan fingerprint density at radius 2 is 2.19 bits per heavy atom. The second-order valence-corrected chi connectivity index (χ2v) is 7.56. The van der Waals surface area contributed by atoms with Crippen LogP contribution in [-0.4, -0.2) is 32.8 Å². The van der Waals surface area contributed by atoms with Gasteiger partial charge in [-0.3, -0.25) is 14.5 Å². The first-order chi connectivity index (χ1) is 12.6. The van der Waals surface area contributed by atoms with E-state index in [2.05, 4.69) is 11.1 Å². The van der Waals surface area contributed by atoms with Crippen LogP contribution >= 0.6 is 11.3 Å². The molecule has 0 spiro atoms. The molecule has 0 atom stereocenters. The summed E-state index contributed by atoms with van der Waals surface area (Å²) in [5.74, 6) is -0.259. The van der Waals surface area contributed by atoms with Crippen LogP contribution in [0, 0.1) is 6.92 Å². The summed E-state index contributed by atoms with van der Waals surface area (Å²) in [7, 11) is 3.38. The van der Waals surface area contributed by atoms with Crippen molar-refractivity contribution >= 4 is 17.3 Å². The maximum atomic E-state index is 11.6. The molecule has 0 fully saturated rings. The van der Waals surface area contributed by atoms with E-state index in [-0.39, 0.29) is 12.4 Å². The lowest BCUT2D eigenvalue weighted by atomic mass is 10.0. The van der Waals surface area contributed by atoms with Gasteiger partial charge in [-0.05, 0) is 38.3 Å². The molecule has 0 aromatic carbocycles. The number of methoxy groups -OCH3 is 1. The fraction of sp³-hybridized carbons (Fsp3) is 0.368. The highest BCUT2D eigenvalue weighted by Crippen LogP contribution is 2.40. The summed E-state index contributed by atoms with van der Waals surface area (Å²) in [4.78, 5) is 21.8. The van der Waals surface area contributed by atoms with E-state index < -0.39 is 0 Å². The maximum Gasteiger partial charge on any atom is 0.312 e. The summed E-state index contributed by atoms with van der Waals surface area (Å²) in [5, 5.41) is 5.58. The van der Waals surface area contributed by atoms with Crippen LogP contribution in [0.3, 0.4) is 0 Å². The average molecular weight is 368 g/mol. The summed E-state index contributed by atoms with van der Waals surface area (Å²) >= 11 is 1.57. The molecule has 0 saturated carbocycles. The summed E-state index contributed by atoms with van der Waals surface area (Å²) in [5.41, 5.74) is 6.44. The van der Waals surface area contributed by atoms with Crippen LogP contribution in [0.2, 0.25) is 0 Å². The first-order valence-electron chi connectivity index (χ1n) is 8.61. The Kier molecular flexibility index (Phi) is 4.32. The maximum absolute atomic E-state index is 11.6. The Hall–Kier alpha value is -2.54. The Morgan fingerprint density at radius 3 is 2.92 bits per heavy atom. The minimum Gasteiger partial charge on any atom is -0.469 e. The van der Waals surface area contributed by atoms with Crippen molar-refractivity contribution in [2.75, 3.05) is 7.11 Å². The number of aromatic nitrogens is 4. The molecule has 1 aliphatic rings. The number of nitrogens with zero attached hydrogens (tertiary/aromatic N) is 4. The molecular formula is C19H20N4O2S. The Balaban J connectivity index is 1.81. The van der Waals surface area contributed by atoms with E-state index in [0.29, 0.717) is 0 Å². The first-order valence-corrected chi connectivity index (χ1v) is 9.43. The molecule has 1 aliphatic carbocycles. The molecule has 0 saturated heterocycles. The van der Waals surface area contributed by atoms with Crippen LogP contribution in [0.25, 0.3) is 21.8 Å². The molecular weight excluding hydrogens is 348 g/mol. The molecule has 0 N–H and O–H groups in total. The molecule has 7 heteroatoms. The van der Waals surface area contributed by atoms with Crippen LogP contribution < -0.4 is 0 Å². The minimum atomic E-state index is -0.259. The van der Waals surface area contributed by atoms with Crippen molar-refractivity contribution in [2.45, 2.75) is 32.6 Å². The summed E-state index contributed by atoms with van der Waals surface area (Å²) < 4.78 is 6.72. The number of carbonyl (C=O) groups excluding carboxylic acids is 1. The van der Waals surface area contributed by atoms with E-state index >= 15 is 0 Å². The Bertz CT molecular complexity index is 972. The van der Waals surface area contributed by atoms with Crippen molar-refractivity contribution in [3.8, 4) is 21.8 Å². The van der Waals surface area contributed by atoms with Crippen molar-refractivity contribution in [1.29, 1.82) is 0 Å². The van der Waals surface area contributed by atoms with Crippen LogP contribution in [0.1, 0.15) is 28.4 Å². The number of ether oxygens (including phenoxy) is 1. The van der Waals surface area contributed by atoms with Crippen molar-refractivity contribution in [2.24, 2.45) is 7.05 Å². The highest BCUT2D eigenvalue weighted by atomic mass is 32.1. The largest absolute Gasteiger partial charge is 0.469 e. The predicted molar refractivity (Wildman–Crippen MR) is 100 cm³/mol. The molecule has 26 heavy (non-hydrogen) atoms. The molecule has 3 aromatic heterocycles. The van der Waals surface area contributed by atoms with Gasteiger partial charge >= 0.3 is 5.97 Å². The number of thiazole rings is 1. The van der Waals surface area contributed by atoms with Gasteiger partial charge in [-0.2, -0.15) is 5.10 Å². The van der Waals surface area contributed by atoms with Gasteiger partial charge in [-0.15, -0.1) is 11.3 Å². The molecule has 0 unspecified atom stereocenters. The van der Waals surface area contributed by atoms with Gasteiger partial charge in [0.05, 0.1) is 35.5 Å². The smallest absolute Gasteiger partial charge is 0.312 e. The number of carbonyl (C=O) groups is 1. The second kappa shape index (κ2) is 6.64. The third kappa shape index (κ3) is 2.92. The topological polar surface area (TPSA) is 69.9 Å². The van der Waals surface area contributed by atoms with Gasteiger partial charge in [0.25, 0.3) is 0 Å². The summed E-state index contributed by atoms with van der Waals surface area (Å²) in [6.07, 6.45) is 4.99. The van der Waals surface area contributed by atoms with E-state index in [1.165, 1.54) is 12.7 Å². The van der Waals surface area contributed by atoms with Crippen LogP contribution in [0.15, 0.2) is 18.3 Å². The van der Waals surface area contributed by atoms with Gasteiger partial charge < -0.3 is 4.74 Å². The Labute approximate surface area is 155 Å². The zero-order valence-corrected chi connectivity index (χ0v) is 15.9. The molecule has 3 heterocycles. The van der Waals surface area contributed by atoms with Gasteiger partial charge in [-0.25, -0.2) is 4.98 Å². The van der Waals surface area contributed by atoms with Crippen LogP contribution in [0.4, 0.5) is 0 Å². The van der Waals surface area contributed by atoms with Crippen molar-refractivity contribution in [3.05, 3.63) is 40.3 Å². The van der Waals surface area contributed by atoms with E-state index in [0.717, 1.165) is 57.5 Å². The quantitative estimate of drug-likeness (QED) is 0.665. The standard InChI is InChI=1S/C19H20N4O2S/c1-11-7-8-12(10-20-11)17-13-5-4-6-14-19(18(13)23(2)22-17)26-15(21-14)9-16(24)25-3/h7-8,10H,4-6,9H2,1-3H3. The number of pyridine rings is 1. The minimum absolute atomic E-state index is 0.218. The van der Waals surface area contributed by atoms with Crippen molar-refractivity contribution in [1.82, 2.24) is 19.7 Å². The number of hydrogen-bond donors (Lipinski definition) is 0. The fourth-order valence-corrected chi connectivity index (χ4v) is 4.59. The lowest BCUT2D eigenvalue weighted by Crippen LogP contribution is -2.04. The Morgan fingerprint density at radius 1 is 1.35 bits per heavy atom. The normalized spacial score (nSPS) is 13.0. The van der Waals surface area contributed by atoms with E-state index in [1.807, 2.05) is 30.9 Å². The van der Waals surface area contributed by atoms with Gasteiger partial charge in [0.15, 0.2) is 0 Å². The molecule has 0 radical (unpaired) electrons. The second-order valence-electron chi connectivity index (χ2n) is 6.48. The van der Waals surface area contributed by atoms with E-state index in [9.17, 15) is 4.79 Å². The molecule has 0 bridgehead atoms. The molecule has 4 rings (SSSR count).